The number of hydrogen-bond acceptors (Lipinski definition) is 7. The number of nitrogens with zero attached hydrogens (tertiary/aromatic N) is 5. The number of esters is 1. The Hall–Kier alpha value is -4.18. The van der Waals surface area contributed by atoms with Gasteiger partial charge in [0.05, 0.1) is 23.2 Å². The maximum atomic E-state index is 12.4. The summed E-state index contributed by atoms with van der Waals surface area (Å²) in [6, 6.07) is 10.6. The van der Waals surface area contributed by atoms with Crippen molar-refractivity contribution in [3.63, 3.8) is 0 Å². The quantitative estimate of drug-likeness (QED) is 0.0661. The van der Waals surface area contributed by atoms with Crippen molar-refractivity contribution in [2.75, 3.05) is 6.61 Å². The second-order valence-electron chi connectivity index (χ2n) is 13.4. The Bertz CT molecular complexity index is 2180. The van der Waals surface area contributed by atoms with Crippen LogP contribution in [-0.4, -0.2) is 38.4 Å². The van der Waals surface area contributed by atoms with Crippen molar-refractivity contribution in [3.8, 4) is 0 Å². The number of allylic oxidation sites excluding steroid dienone is 3. The molecule has 2 unspecified atom stereocenters. The molecule has 8 nitrogen and oxygen atoms in total. The van der Waals surface area contributed by atoms with E-state index in [4.69, 9.17) is 62.7 Å². The summed E-state index contributed by atoms with van der Waals surface area (Å²) >= 11 is 29.3. The Balaban J connectivity index is 0.000000272. The van der Waals surface area contributed by atoms with Crippen LogP contribution < -0.4 is 4.57 Å². The van der Waals surface area contributed by atoms with Gasteiger partial charge in [-0.25, -0.2) is 9.59 Å². The van der Waals surface area contributed by atoms with E-state index in [2.05, 4.69) is 45.9 Å². The first-order valence-corrected chi connectivity index (χ1v) is 21.7. The zero-order valence-corrected chi connectivity index (χ0v) is 39.6. The molecular formula is C47H55Cl5N5O3+. The summed E-state index contributed by atoms with van der Waals surface area (Å²) in [5.41, 5.74) is 7.27. The van der Waals surface area contributed by atoms with E-state index in [1.165, 1.54) is 4.57 Å². The smallest absolute Gasteiger partial charge is 0.432 e. The fraction of sp³-hybridized carbons (Fsp3) is 0.340. The van der Waals surface area contributed by atoms with Crippen LogP contribution >= 0.6 is 58.0 Å². The van der Waals surface area contributed by atoms with Crippen molar-refractivity contribution in [2.24, 2.45) is 0 Å². The molecule has 0 bridgehead atoms. The van der Waals surface area contributed by atoms with Gasteiger partial charge in [-0.2, -0.15) is 0 Å². The highest BCUT2D eigenvalue weighted by atomic mass is 35.5. The van der Waals surface area contributed by atoms with Gasteiger partial charge in [0.25, 0.3) is 0 Å². The van der Waals surface area contributed by atoms with Gasteiger partial charge >= 0.3 is 11.9 Å². The van der Waals surface area contributed by atoms with E-state index in [0.29, 0.717) is 10.9 Å². The lowest BCUT2D eigenvalue weighted by molar-refractivity contribution is -0.582. The van der Waals surface area contributed by atoms with Gasteiger partial charge in [-0.05, 0) is 114 Å². The number of pyridine rings is 5. The largest absolute Gasteiger partial charge is 0.462 e. The Morgan fingerprint density at radius 3 is 1.90 bits per heavy atom. The number of halogens is 5. The Labute approximate surface area is 381 Å². The molecule has 5 aromatic rings. The molecule has 6 heterocycles. The van der Waals surface area contributed by atoms with E-state index in [1.54, 1.807) is 80.6 Å². The second-order valence-corrected chi connectivity index (χ2v) is 15.5. The first-order valence-electron chi connectivity index (χ1n) is 19.8. The summed E-state index contributed by atoms with van der Waals surface area (Å²) < 4.78 is 6.45. The molecular weight excluding hydrogens is 860 g/mol. The highest BCUT2D eigenvalue weighted by Crippen LogP contribution is 2.30. The van der Waals surface area contributed by atoms with Crippen molar-refractivity contribution < 1.29 is 18.9 Å². The van der Waals surface area contributed by atoms with E-state index in [1.807, 2.05) is 53.7 Å². The van der Waals surface area contributed by atoms with Crippen LogP contribution in [0.3, 0.4) is 0 Å². The molecule has 0 aliphatic carbocycles. The molecule has 5 aromatic heterocycles. The highest BCUT2D eigenvalue weighted by Gasteiger charge is 2.39. The zero-order valence-electron chi connectivity index (χ0n) is 35.8. The van der Waals surface area contributed by atoms with Crippen LogP contribution in [0.1, 0.15) is 110 Å². The molecule has 0 saturated heterocycles. The molecule has 1 aliphatic rings. The molecule has 13 heteroatoms. The van der Waals surface area contributed by atoms with Gasteiger partial charge in [-0.15, -0.1) is 4.57 Å². The van der Waals surface area contributed by atoms with E-state index >= 15 is 0 Å². The monoisotopic (exact) mass is 912 g/mol. The average molecular weight is 915 g/mol. The van der Waals surface area contributed by atoms with E-state index < -0.39 is 5.97 Å². The predicted octanol–water partition coefficient (Wildman–Crippen LogP) is 13.5. The molecule has 0 N–H and O–H groups in total. The van der Waals surface area contributed by atoms with Gasteiger partial charge in [0, 0.05) is 80.5 Å². The normalized spacial score (nSPS) is 13.1. The van der Waals surface area contributed by atoms with Gasteiger partial charge in [0.2, 0.25) is 5.69 Å². The molecule has 0 spiro atoms. The summed E-state index contributed by atoms with van der Waals surface area (Å²) in [4.78, 5) is 40.5. The average Bonchev–Trinajstić information content (AvgIpc) is 3.24. The Morgan fingerprint density at radius 2 is 1.38 bits per heavy atom. The maximum Gasteiger partial charge on any atom is 0.432 e. The van der Waals surface area contributed by atoms with E-state index in [9.17, 15) is 9.59 Å². The topological polar surface area (TPSA) is 98.8 Å². The third kappa shape index (κ3) is 16.0. The van der Waals surface area contributed by atoms with Gasteiger partial charge in [-0.1, -0.05) is 97.3 Å². The molecule has 320 valence electrons. The van der Waals surface area contributed by atoms with Crippen LogP contribution in [0.4, 0.5) is 0 Å². The Morgan fingerprint density at radius 1 is 0.783 bits per heavy atom. The molecule has 0 amide bonds. The fourth-order valence-electron chi connectivity index (χ4n) is 5.82. The van der Waals surface area contributed by atoms with Crippen LogP contribution in [0.5, 0.6) is 0 Å². The first-order chi connectivity index (χ1) is 28.7. The maximum absolute atomic E-state index is 12.4. The summed E-state index contributed by atoms with van der Waals surface area (Å²) in [6.45, 7) is 18.1. The van der Waals surface area contributed by atoms with Crippen LogP contribution in [0.15, 0.2) is 104 Å². The number of ether oxygens (including phenoxy) is 1. The number of carbonyl (C=O) groups excluding carboxylic acids is 2. The van der Waals surface area contributed by atoms with Gasteiger partial charge < -0.3 is 4.74 Å². The predicted molar refractivity (Wildman–Crippen MR) is 248 cm³/mol. The van der Waals surface area contributed by atoms with Crippen LogP contribution in [0, 0.1) is 27.7 Å². The van der Waals surface area contributed by atoms with Crippen molar-refractivity contribution in [2.45, 2.75) is 99.8 Å². The van der Waals surface area contributed by atoms with Crippen LogP contribution in [-0.2, 0) is 16.0 Å². The van der Waals surface area contributed by atoms with Crippen LogP contribution in [0.2, 0.25) is 25.1 Å². The summed E-state index contributed by atoms with van der Waals surface area (Å²) in [5.74, 6) is -0.561. The SMILES string of the molecule is C/C=C/C(CC)c1nccc(Cl)c1C.CCCc1nccc(Cl)c1C.CCOC(=O)C1=CC(CC)c2c(C)c(Cl)cc[n+]2C1=O.Cc1cnccc1Cl.Clc1ccncc1. The van der Waals surface area contributed by atoms with Crippen molar-refractivity contribution in [3.05, 3.63) is 168 Å². The standard InChI is InChI=1S/C15H17ClNO3.C12H16ClN.C9H12ClN.C6H6ClN.C5H4ClN/c1-4-10-8-11(15(19)20-5-2)14(18)17-7-6-12(16)9(3)13(10)17;1-4-6-10(5-2)12-9(3)11(13)7-8-14-12;1-3-4-9-7(2)8(10)5-6-11-9;1-5-4-8-3-2-6(5)7;6-5-1-3-7-4-2-5/h6-8,10H,4-5H2,1-3H3;4,6-8,10H,5H2,1-3H3;5-6H,3-4H2,1-2H3;2-4H,1H3;1-4H/q+1;;;;/b;6-4+;;;. The minimum Gasteiger partial charge on any atom is -0.462 e. The number of hydrogen-bond donors (Lipinski definition) is 0. The lowest BCUT2D eigenvalue weighted by Gasteiger charge is -2.18. The summed E-state index contributed by atoms with van der Waals surface area (Å²) in [5, 5.41) is 3.76. The number of carbonyl (C=O) groups is 2. The minimum atomic E-state index is -0.568. The molecule has 0 fully saturated rings. The summed E-state index contributed by atoms with van der Waals surface area (Å²) in [6.07, 6.45) is 21.8. The Kier molecular flexibility index (Phi) is 23.9. The number of aryl methyl sites for hydroxylation is 2. The van der Waals surface area contributed by atoms with E-state index in [-0.39, 0.29) is 24.0 Å². The molecule has 0 saturated carbocycles. The third-order valence-corrected chi connectivity index (χ3v) is 11.1. The first kappa shape index (κ1) is 52.0. The fourth-order valence-corrected chi connectivity index (χ4v) is 6.51. The van der Waals surface area contributed by atoms with Crippen LogP contribution in [0.25, 0.3) is 0 Å². The molecule has 0 radical (unpaired) electrons. The van der Waals surface area contributed by atoms with Gasteiger partial charge in [0.1, 0.15) is 0 Å². The van der Waals surface area contributed by atoms with E-state index in [0.717, 1.165) is 85.1 Å². The number of rotatable bonds is 8. The van der Waals surface area contributed by atoms with Crippen molar-refractivity contribution in [1.82, 2.24) is 19.9 Å². The number of fused-ring (bicyclic) bond motifs is 1. The van der Waals surface area contributed by atoms with Crippen molar-refractivity contribution >= 4 is 69.9 Å². The molecule has 1 aliphatic heterocycles. The molecule has 6 rings (SSSR count). The zero-order chi connectivity index (χ0) is 44.8. The lowest BCUT2D eigenvalue weighted by atomic mass is 9.91. The summed E-state index contributed by atoms with van der Waals surface area (Å²) in [7, 11) is 0. The second kappa shape index (κ2) is 27.6. The lowest BCUT2D eigenvalue weighted by Crippen LogP contribution is -2.52. The van der Waals surface area contributed by atoms with Gasteiger partial charge in [-0.3, -0.25) is 19.9 Å². The number of aromatic nitrogens is 5. The molecule has 2 atom stereocenters. The molecule has 0 aromatic carbocycles. The third-order valence-electron chi connectivity index (χ3n) is 9.19. The highest BCUT2D eigenvalue weighted by molar-refractivity contribution is 6.32. The minimum absolute atomic E-state index is 0.0224. The molecule has 60 heavy (non-hydrogen) atoms. The van der Waals surface area contributed by atoms with Gasteiger partial charge in [0.15, 0.2) is 11.8 Å². The van der Waals surface area contributed by atoms with Crippen molar-refractivity contribution in [1.29, 1.82) is 0 Å².